The van der Waals surface area contributed by atoms with Crippen LogP contribution in [0.5, 0.6) is 0 Å². The Morgan fingerprint density at radius 3 is 2.79 bits per heavy atom. The molecule has 1 aliphatic rings. The van der Waals surface area contributed by atoms with Crippen LogP contribution in [0.4, 0.5) is 0 Å². The summed E-state index contributed by atoms with van der Waals surface area (Å²) in [5.74, 6) is -0.109. The first kappa shape index (κ1) is 15.9. The molecule has 0 bridgehead atoms. The van der Waals surface area contributed by atoms with Gasteiger partial charge in [0.15, 0.2) is 0 Å². The van der Waals surface area contributed by atoms with Crippen molar-refractivity contribution in [3.63, 3.8) is 0 Å². The topological polar surface area (TPSA) is 68.2 Å². The molecule has 1 fully saturated rings. The lowest BCUT2D eigenvalue weighted by Gasteiger charge is -2.31. The van der Waals surface area contributed by atoms with Crippen LogP contribution in [-0.4, -0.2) is 50.1 Å². The number of hydrogen-bond acceptors (Lipinski definition) is 4. The van der Waals surface area contributed by atoms with Gasteiger partial charge in [-0.2, -0.15) is 5.26 Å². The average Bonchev–Trinajstić information content (AvgIpc) is 2.45. The van der Waals surface area contributed by atoms with Crippen molar-refractivity contribution in [3.8, 4) is 6.07 Å². The van der Waals surface area contributed by atoms with Crippen molar-refractivity contribution >= 4 is 5.91 Å². The van der Waals surface area contributed by atoms with Crippen molar-refractivity contribution in [1.29, 1.82) is 5.26 Å². The van der Waals surface area contributed by atoms with Crippen LogP contribution in [-0.2, 0) is 4.79 Å². The molecule has 0 aromatic rings. The van der Waals surface area contributed by atoms with Crippen LogP contribution >= 0.6 is 0 Å². The van der Waals surface area contributed by atoms with Gasteiger partial charge in [0, 0.05) is 6.04 Å². The fraction of sp³-hybridized carbons (Fsp3) is 0.857. The van der Waals surface area contributed by atoms with E-state index in [0.29, 0.717) is 6.54 Å². The molecular formula is C14H26N4O. The van der Waals surface area contributed by atoms with Crippen LogP contribution in [0.2, 0.25) is 0 Å². The summed E-state index contributed by atoms with van der Waals surface area (Å²) in [6.45, 7) is 2.31. The highest BCUT2D eigenvalue weighted by molar-refractivity contribution is 5.78. The minimum Gasteiger partial charge on any atom is -0.342 e. The van der Waals surface area contributed by atoms with Crippen LogP contribution in [0.15, 0.2) is 0 Å². The molecule has 108 valence electrons. The fourth-order valence-electron chi connectivity index (χ4n) is 2.56. The van der Waals surface area contributed by atoms with Crippen molar-refractivity contribution < 1.29 is 4.79 Å². The zero-order valence-electron chi connectivity index (χ0n) is 12.0. The molecule has 0 aromatic heterocycles. The third-order valence-corrected chi connectivity index (χ3v) is 3.71. The first-order chi connectivity index (χ1) is 9.24. The number of carbonyl (C=O) groups is 1. The highest BCUT2D eigenvalue weighted by atomic mass is 16.1. The Morgan fingerprint density at radius 1 is 1.37 bits per heavy atom. The van der Waals surface area contributed by atoms with Crippen molar-refractivity contribution in [3.05, 3.63) is 0 Å². The maximum atomic E-state index is 11.2. The third kappa shape index (κ3) is 7.14. The molecule has 0 unspecified atom stereocenters. The monoisotopic (exact) mass is 266 g/mol. The predicted octanol–water partition coefficient (Wildman–Crippen LogP) is 0.870. The molecule has 1 saturated carbocycles. The Kier molecular flexibility index (Phi) is 8.19. The lowest BCUT2D eigenvalue weighted by molar-refractivity contribution is -0.120. The molecule has 0 aliphatic heterocycles. The van der Waals surface area contributed by atoms with Crippen molar-refractivity contribution in [2.75, 3.05) is 33.2 Å². The van der Waals surface area contributed by atoms with Gasteiger partial charge in [0.25, 0.3) is 0 Å². The number of nitrogens with one attached hydrogen (secondary N) is 2. The van der Waals surface area contributed by atoms with Crippen LogP contribution in [0.25, 0.3) is 0 Å². The molecule has 2 N–H and O–H groups in total. The molecule has 0 spiro atoms. The zero-order valence-corrected chi connectivity index (χ0v) is 12.0. The summed E-state index contributed by atoms with van der Waals surface area (Å²) in [7, 11) is 2.20. The summed E-state index contributed by atoms with van der Waals surface area (Å²) in [5, 5.41) is 13.9. The van der Waals surface area contributed by atoms with Gasteiger partial charge in [0.2, 0.25) is 5.91 Å². The summed E-state index contributed by atoms with van der Waals surface area (Å²) in [6.07, 6.45) is 7.85. The third-order valence-electron chi connectivity index (χ3n) is 3.71. The Morgan fingerprint density at radius 2 is 2.11 bits per heavy atom. The SMILES string of the molecule is CN(CCCNCC(=O)NCC#N)C1CCCCC1. The second-order valence-corrected chi connectivity index (χ2v) is 5.24. The predicted molar refractivity (Wildman–Crippen MR) is 75.6 cm³/mol. The van der Waals surface area contributed by atoms with Gasteiger partial charge in [-0.1, -0.05) is 19.3 Å². The second kappa shape index (κ2) is 9.76. The van der Waals surface area contributed by atoms with Gasteiger partial charge in [0.1, 0.15) is 6.54 Å². The highest BCUT2D eigenvalue weighted by Gasteiger charge is 2.17. The summed E-state index contributed by atoms with van der Waals surface area (Å²) in [4.78, 5) is 13.7. The number of carbonyl (C=O) groups excluding carboxylic acids is 1. The van der Waals surface area contributed by atoms with Gasteiger partial charge in [-0.3, -0.25) is 4.79 Å². The molecule has 0 atom stereocenters. The van der Waals surface area contributed by atoms with E-state index in [2.05, 4.69) is 22.6 Å². The van der Waals surface area contributed by atoms with Crippen LogP contribution in [0, 0.1) is 11.3 Å². The van der Waals surface area contributed by atoms with Gasteiger partial charge < -0.3 is 15.5 Å². The van der Waals surface area contributed by atoms with Crippen molar-refractivity contribution in [2.45, 2.75) is 44.6 Å². The molecule has 1 amide bonds. The molecule has 0 saturated heterocycles. The lowest BCUT2D eigenvalue weighted by Crippen LogP contribution is -2.37. The van der Waals surface area contributed by atoms with E-state index in [0.717, 1.165) is 25.6 Å². The zero-order chi connectivity index (χ0) is 13.9. The quantitative estimate of drug-likeness (QED) is 0.505. The van der Waals surface area contributed by atoms with Gasteiger partial charge in [-0.25, -0.2) is 0 Å². The molecule has 1 rings (SSSR count). The maximum absolute atomic E-state index is 11.2. The molecule has 5 heteroatoms. The van der Waals surface area contributed by atoms with Gasteiger partial charge >= 0.3 is 0 Å². The summed E-state index contributed by atoms with van der Waals surface area (Å²) >= 11 is 0. The minimum atomic E-state index is -0.109. The van der Waals surface area contributed by atoms with E-state index in [9.17, 15) is 4.79 Å². The van der Waals surface area contributed by atoms with E-state index in [1.54, 1.807) is 0 Å². The maximum Gasteiger partial charge on any atom is 0.234 e. The Hall–Kier alpha value is -1.12. The standard InChI is InChI=1S/C14H26N4O/c1-18(13-6-3-2-4-7-13)11-5-9-16-12-14(19)17-10-8-15/h13,16H,2-7,9-12H2,1H3,(H,17,19). The van der Waals surface area contributed by atoms with Crippen LogP contribution in [0.3, 0.4) is 0 Å². The van der Waals surface area contributed by atoms with E-state index in [4.69, 9.17) is 5.26 Å². The Bertz CT molecular complexity index is 294. The van der Waals surface area contributed by atoms with Gasteiger partial charge in [-0.05, 0) is 39.4 Å². The number of hydrogen-bond donors (Lipinski definition) is 2. The largest absolute Gasteiger partial charge is 0.342 e. The van der Waals surface area contributed by atoms with E-state index < -0.39 is 0 Å². The molecule has 5 nitrogen and oxygen atoms in total. The number of nitriles is 1. The molecule has 1 aliphatic carbocycles. The highest BCUT2D eigenvalue weighted by Crippen LogP contribution is 2.21. The van der Waals surface area contributed by atoms with Gasteiger partial charge in [0.05, 0.1) is 12.6 Å². The summed E-state index contributed by atoms with van der Waals surface area (Å²) < 4.78 is 0. The first-order valence-corrected chi connectivity index (χ1v) is 7.28. The van der Waals surface area contributed by atoms with Crippen molar-refractivity contribution in [2.24, 2.45) is 0 Å². The molecular weight excluding hydrogens is 240 g/mol. The molecule has 0 aromatic carbocycles. The smallest absolute Gasteiger partial charge is 0.234 e. The Balaban J connectivity index is 1.98. The average molecular weight is 266 g/mol. The number of rotatable bonds is 8. The molecule has 19 heavy (non-hydrogen) atoms. The molecule has 0 heterocycles. The van der Waals surface area contributed by atoms with E-state index in [1.165, 1.54) is 32.1 Å². The van der Waals surface area contributed by atoms with E-state index in [1.807, 2.05) is 6.07 Å². The number of nitrogens with zero attached hydrogens (tertiary/aromatic N) is 2. The number of amides is 1. The first-order valence-electron chi connectivity index (χ1n) is 7.28. The fourth-order valence-corrected chi connectivity index (χ4v) is 2.56. The van der Waals surface area contributed by atoms with Gasteiger partial charge in [-0.15, -0.1) is 0 Å². The lowest BCUT2D eigenvalue weighted by atomic mass is 9.94. The summed E-state index contributed by atoms with van der Waals surface area (Å²) in [6, 6.07) is 2.64. The summed E-state index contributed by atoms with van der Waals surface area (Å²) in [5.41, 5.74) is 0. The van der Waals surface area contributed by atoms with Crippen molar-refractivity contribution in [1.82, 2.24) is 15.5 Å². The van der Waals surface area contributed by atoms with Crippen LogP contribution < -0.4 is 10.6 Å². The molecule has 0 radical (unpaired) electrons. The van der Waals surface area contributed by atoms with E-state index in [-0.39, 0.29) is 12.5 Å². The normalized spacial score (nSPS) is 16.3. The van der Waals surface area contributed by atoms with Crippen LogP contribution in [0.1, 0.15) is 38.5 Å². The van der Waals surface area contributed by atoms with E-state index >= 15 is 0 Å². The Labute approximate surface area is 116 Å². The minimum absolute atomic E-state index is 0.0882. The second-order valence-electron chi connectivity index (χ2n) is 5.24.